The van der Waals surface area contributed by atoms with Crippen molar-refractivity contribution < 1.29 is 0 Å². The van der Waals surface area contributed by atoms with E-state index in [1.165, 1.54) is 11.1 Å². The van der Waals surface area contributed by atoms with Gasteiger partial charge in [-0.3, -0.25) is 0 Å². The summed E-state index contributed by atoms with van der Waals surface area (Å²) in [6, 6.07) is 14.8. The summed E-state index contributed by atoms with van der Waals surface area (Å²) in [5, 5.41) is 0.742. The van der Waals surface area contributed by atoms with Gasteiger partial charge < -0.3 is 5.73 Å². The molecule has 0 aliphatic rings. The smallest absolute Gasteiger partial charge is 0.0457 e. The Bertz CT molecular complexity index is 546. The van der Waals surface area contributed by atoms with E-state index in [1.807, 2.05) is 12.1 Å². The second-order valence-corrected chi connectivity index (χ2v) is 5.35. The van der Waals surface area contributed by atoms with Crippen molar-refractivity contribution in [1.82, 2.24) is 0 Å². The maximum absolute atomic E-state index is 6.20. The average molecular weight is 274 g/mol. The van der Waals surface area contributed by atoms with E-state index in [0.29, 0.717) is 12.5 Å². The lowest BCUT2D eigenvalue weighted by atomic mass is 9.95. The Morgan fingerprint density at radius 3 is 2.21 bits per heavy atom. The van der Waals surface area contributed by atoms with Gasteiger partial charge in [0, 0.05) is 11.6 Å². The van der Waals surface area contributed by atoms with Crippen molar-refractivity contribution in [3.8, 4) is 11.1 Å². The van der Waals surface area contributed by atoms with Crippen LogP contribution in [0.5, 0.6) is 0 Å². The van der Waals surface area contributed by atoms with Crippen LogP contribution in [0.25, 0.3) is 11.1 Å². The van der Waals surface area contributed by atoms with Gasteiger partial charge in [-0.25, -0.2) is 0 Å². The predicted octanol–water partition coefficient (Wildman–Crippen LogP) is 4.98. The first-order valence-corrected chi connectivity index (χ1v) is 7.12. The van der Waals surface area contributed by atoms with Gasteiger partial charge in [0.15, 0.2) is 0 Å². The highest BCUT2D eigenvalue weighted by atomic mass is 35.5. The standard InChI is InChI=1S/C17H20ClN/c1-3-12(2)13-4-6-14(7-5-13)15-8-9-16(11-19)17(18)10-15/h4-10,12H,3,11,19H2,1-2H3. The molecule has 0 heterocycles. The SMILES string of the molecule is CCC(C)c1ccc(-c2ccc(CN)c(Cl)c2)cc1. The van der Waals surface area contributed by atoms with Gasteiger partial charge in [0.05, 0.1) is 0 Å². The normalized spacial score (nSPS) is 12.4. The van der Waals surface area contributed by atoms with Crippen molar-refractivity contribution in [2.45, 2.75) is 32.7 Å². The Balaban J connectivity index is 2.29. The quantitative estimate of drug-likeness (QED) is 0.835. The second kappa shape index (κ2) is 6.23. The summed E-state index contributed by atoms with van der Waals surface area (Å²) in [4.78, 5) is 0. The van der Waals surface area contributed by atoms with E-state index in [4.69, 9.17) is 17.3 Å². The lowest BCUT2D eigenvalue weighted by molar-refractivity contribution is 0.734. The number of nitrogens with two attached hydrogens (primary N) is 1. The summed E-state index contributed by atoms with van der Waals surface area (Å²) in [7, 11) is 0. The summed E-state index contributed by atoms with van der Waals surface area (Å²) >= 11 is 6.20. The molecule has 0 aromatic heterocycles. The van der Waals surface area contributed by atoms with Crippen LogP contribution < -0.4 is 5.73 Å². The molecule has 0 radical (unpaired) electrons. The zero-order chi connectivity index (χ0) is 13.8. The zero-order valence-electron chi connectivity index (χ0n) is 11.5. The van der Waals surface area contributed by atoms with E-state index in [9.17, 15) is 0 Å². The molecule has 2 N–H and O–H groups in total. The molecule has 100 valence electrons. The van der Waals surface area contributed by atoms with Crippen molar-refractivity contribution in [3.63, 3.8) is 0 Å². The number of hydrogen-bond acceptors (Lipinski definition) is 1. The minimum Gasteiger partial charge on any atom is -0.326 e. The maximum Gasteiger partial charge on any atom is 0.0457 e. The molecular weight excluding hydrogens is 254 g/mol. The Kier molecular flexibility index (Phi) is 4.62. The molecule has 0 saturated carbocycles. The largest absolute Gasteiger partial charge is 0.326 e. The summed E-state index contributed by atoms with van der Waals surface area (Å²) in [6.07, 6.45) is 1.16. The van der Waals surface area contributed by atoms with Crippen LogP contribution in [0.15, 0.2) is 42.5 Å². The highest BCUT2D eigenvalue weighted by molar-refractivity contribution is 6.31. The molecule has 0 spiro atoms. The van der Waals surface area contributed by atoms with Gasteiger partial charge in [-0.05, 0) is 40.7 Å². The van der Waals surface area contributed by atoms with E-state index < -0.39 is 0 Å². The van der Waals surface area contributed by atoms with Gasteiger partial charge in [-0.15, -0.1) is 0 Å². The van der Waals surface area contributed by atoms with E-state index in [-0.39, 0.29) is 0 Å². The molecule has 0 aliphatic carbocycles. The van der Waals surface area contributed by atoms with Crippen molar-refractivity contribution in [2.75, 3.05) is 0 Å². The first kappa shape index (κ1) is 14.1. The summed E-state index contributed by atoms with van der Waals surface area (Å²) < 4.78 is 0. The molecule has 0 fully saturated rings. The average Bonchev–Trinajstić information content (AvgIpc) is 2.46. The number of rotatable bonds is 4. The van der Waals surface area contributed by atoms with Crippen LogP contribution in [0.2, 0.25) is 5.02 Å². The molecule has 2 aromatic carbocycles. The van der Waals surface area contributed by atoms with E-state index in [1.54, 1.807) is 0 Å². The maximum atomic E-state index is 6.20. The van der Waals surface area contributed by atoms with E-state index >= 15 is 0 Å². The fourth-order valence-electron chi connectivity index (χ4n) is 2.13. The van der Waals surface area contributed by atoms with E-state index in [0.717, 1.165) is 22.6 Å². The minimum absolute atomic E-state index is 0.478. The summed E-state index contributed by atoms with van der Waals surface area (Å²) in [5.41, 5.74) is 10.3. The van der Waals surface area contributed by atoms with Crippen LogP contribution in [0.4, 0.5) is 0 Å². The van der Waals surface area contributed by atoms with Crippen LogP contribution in [0.1, 0.15) is 37.3 Å². The predicted molar refractivity (Wildman–Crippen MR) is 83.5 cm³/mol. The molecule has 0 bridgehead atoms. The number of halogens is 1. The van der Waals surface area contributed by atoms with Crippen molar-refractivity contribution in [1.29, 1.82) is 0 Å². The molecule has 19 heavy (non-hydrogen) atoms. The van der Waals surface area contributed by atoms with Crippen LogP contribution in [-0.4, -0.2) is 0 Å². The molecule has 0 aliphatic heterocycles. The van der Waals surface area contributed by atoms with Crippen molar-refractivity contribution in [3.05, 3.63) is 58.6 Å². The molecule has 2 heteroatoms. The molecule has 2 rings (SSSR count). The van der Waals surface area contributed by atoms with Crippen molar-refractivity contribution in [2.24, 2.45) is 5.73 Å². The highest BCUT2D eigenvalue weighted by Crippen LogP contribution is 2.27. The summed E-state index contributed by atoms with van der Waals surface area (Å²) in [6.45, 7) is 4.94. The van der Waals surface area contributed by atoms with Gasteiger partial charge in [0.25, 0.3) is 0 Å². The third-order valence-corrected chi connectivity index (χ3v) is 4.05. The topological polar surface area (TPSA) is 26.0 Å². The molecule has 0 amide bonds. The molecule has 1 unspecified atom stereocenters. The minimum atomic E-state index is 0.478. The molecule has 1 nitrogen and oxygen atoms in total. The highest BCUT2D eigenvalue weighted by Gasteiger charge is 2.05. The zero-order valence-corrected chi connectivity index (χ0v) is 12.2. The number of benzene rings is 2. The van der Waals surface area contributed by atoms with Gasteiger partial charge in [-0.1, -0.05) is 61.8 Å². The third-order valence-electron chi connectivity index (χ3n) is 3.70. The van der Waals surface area contributed by atoms with Crippen LogP contribution in [-0.2, 0) is 6.54 Å². The first-order valence-electron chi connectivity index (χ1n) is 6.74. The Labute approximate surface area is 120 Å². The van der Waals surface area contributed by atoms with E-state index in [2.05, 4.69) is 44.2 Å². The number of hydrogen-bond donors (Lipinski definition) is 1. The van der Waals surface area contributed by atoms with Gasteiger partial charge in [0.2, 0.25) is 0 Å². The fraction of sp³-hybridized carbons (Fsp3) is 0.294. The Morgan fingerprint density at radius 2 is 1.68 bits per heavy atom. The lowest BCUT2D eigenvalue weighted by Crippen LogP contribution is -1.97. The third kappa shape index (κ3) is 3.17. The first-order chi connectivity index (χ1) is 9.15. The van der Waals surface area contributed by atoms with Crippen LogP contribution in [0.3, 0.4) is 0 Å². The van der Waals surface area contributed by atoms with Crippen LogP contribution >= 0.6 is 11.6 Å². The molecule has 1 atom stereocenters. The Morgan fingerprint density at radius 1 is 1.05 bits per heavy atom. The molecular formula is C17H20ClN. The molecule has 0 saturated heterocycles. The lowest BCUT2D eigenvalue weighted by Gasteiger charge is -2.10. The van der Waals surface area contributed by atoms with Crippen molar-refractivity contribution >= 4 is 11.6 Å². The second-order valence-electron chi connectivity index (χ2n) is 4.94. The van der Waals surface area contributed by atoms with Gasteiger partial charge in [0.1, 0.15) is 0 Å². The van der Waals surface area contributed by atoms with Gasteiger partial charge in [-0.2, -0.15) is 0 Å². The Hall–Kier alpha value is -1.31. The van der Waals surface area contributed by atoms with Crippen LogP contribution in [0, 0.1) is 0 Å². The monoisotopic (exact) mass is 273 g/mol. The van der Waals surface area contributed by atoms with Gasteiger partial charge >= 0.3 is 0 Å². The fourth-order valence-corrected chi connectivity index (χ4v) is 2.39. The summed E-state index contributed by atoms with van der Waals surface area (Å²) in [5.74, 6) is 0.609. The molecule has 2 aromatic rings.